The standard InChI is InChI=1S/C15H32N4O2S/c1-5-8-9-10-11-14-19(4)15(16-6-2)17-12-13-18-22(20,21)7-3/h5,18H,1,6-14H2,2-4H3,(H,16,17). The number of allylic oxidation sites excluding steroid dienone is 1. The summed E-state index contributed by atoms with van der Waals surface area (Å²) in [5.41, 5.74) is 0. The van der Waals surface area contributed by atoms with Gasteiger partial charge in [-0.15, -0.1) is 6.58 Å². The number of guanidine groups is 1. The molecule has 0 unspecified atom stereocenters. The molecule has 0 spiro atoms. The van der Waals surface area contributed by atoms with Gasteiger partial charge in [-0.25, -0.2) is 13.1 Å². The molecule has 0 aromatic heterocycles. The molecule has 6 nitrogen and oxygen atoms in total. The molecule has 2 N–H and O–H groups in total. The maximum atomic E-state index is 11.3. The van der Waals surface area contributed by atoms with Crippen LogP contribution in [0.4, 0.5) is 0 Å². The van der Waals surface area contributed by atoms with Crippen molar-refractivity contribution in [3.63, 3.8) is 0 Å². The Bertz CT molecular complexity index is 421. The maximum absolute atomic E-state index is 11.3. The van der Waals surface area contributed by atoms with E-state index in [1.165, 1.54) is 12.8 Å². The lowest BCUT2D eigenvalue weighted by molar-refractivity contribution is 0.455. The summed E-state index contributed by atoms with van der Waals surface area (Å²) in [6, 6.07) is 0. The Kier molecular flexibility index (Phi) is 11.9. The summed E-state index contributed by atoms with van der Waals surface area (Å²) < 4.78 is 25.2. The van der Waals surface area contributed by atoms with Crippen LogP contribution in [0.25, 0.3) is 0 Å². The van der Waals surface area contributed by atoms with Gasteiger partial charge >= 0.3 is 0 Å². The first-order chi connectivity index (χ1) is 10.5. The first-order valence-electron chi connectivity index (χ1n) is 8.04. The Morgan fingerprint density at radius 3 is 2.59 bits per heavy atom. The van der Waals surface area contributed by atoms with Gasteiger partial charge in [0.25, 0.3) is 0 Å². The molecule has 0 saturated carbocycles. The van der Waals surface area contributed by atoms with Gasteiger partial charge in [-0.2, -0.15) is 0 Å². The SMILES string of the molecule is C=CCCCCCN(C)C(=NCCNS(=O)(=O)CC)NCC. The highest BCUT2D eigenvalue weighted by Gasteiger charge is 2.06. The van der Waals surface area contributed by atoms with E-state index >= 15 is 0 Å². The molecule has 0 radical (unpaired) electrons. The van der Waals surface area contributed by atoms with Gasteiger partial charge in [0.15, 0.2) is 5.96 Å². The highest BCUT2D eigenvalue weighted by Crippen LogP contribution is 2.01. The second-order valence-corrected chi connectivity index (χ2v) is 7.19. The van der Waals surface area contributed by atoms with E-state index in [2.05, 4.69) is 26.5 Å². The van der Waals surface area contributed by atoms with Crippen LogP contribution in [-0.4, -0.2) is 58.3 Å². The van der Waals surface area contributed by atoms with Crippen molar-refractivity contribution in [2.24, 2.45) is 4.99 Å². The van der Waals surface area contributed by atoms with Crippen molar-refractivity contribution in [3.8, 4) is 0 Å². The van der Waals surface area contributed by atoms with Crippen molar-refractivity contribution < 1.29 is 8.42 Å². The van der Waals surface area contributed by atoms with E-state index in [1.807, 2.05) is 20.0 Å². The monoisotopic (exact) mass is 332 g/mol. The Hall–Kier alpha value is -1.08. The molecule has 0 saturated heterocycles. The predicted molar refractivity (Wildman–Crippen MR) is 94.7 cm³/mol. The number of hydrogen-bond donors (Lipinski definition) is 2. The van der Waals surface area contributed by atoms with Crippen LogP contribution in [0.1, 0.15) is 39.5 Å². The summed E-state index contributed by atoms with van der Waals surface area (Å²) in [7, 11) is -1.13. The minimum atomic E-state index is -3.13. The summed E-state index contributed by atoms with van der Waals surface area (Å²) in [4.78, 5) is 6.54. The zero-order chi connectivity index (χ0) is 16.8. The van der Waals surface area contributed by atoms with E-state index < -0.39 is 10.0 Å². The highest BCUT2D eigenvalue weighted by atomic mass is 32.2. The summed E-state index contributed by atoms with van der Waals surface area (Å²) in [5, 5.41) is 3.23. The molecule has 0 atom stereocenters. The molecular formula is C15H32N4O2S. The van der Waals surface area contributed by atoms with Crippen LogP contribution in [-0.2, 0) is 10.0 Å². The van der Waals surface area contributed by atoms with Gasteiger partial charge in [0.05, 0.1) is 12.3 Å². The number of nitrogens with one attached hydrogen (secondary N) is 2. The second kappa shape index (κ2) is 12.5. The summed E-state index contributed by atoms with van der Waals surface area (Å²) in [6.45, 7) is 9.86. The predicted octanol–water partition coefficient (Wildman–Crippen LogP) is 1.57. The fourth-order valence-electron chi connectivity index (χ4n) is 1.86. The summed E-state index contributed by atoms with van der Waals surface area (Å²) >= 11 is 0. The average molecular weight is 333 g/mol. The molecular weight excluding hydrogens is 300 g/mol. The number of nitrogens with zero attached hydrogens (tertiary/aromatic N) is 2. The molecule has 0 heterocycles. The van der Waals surface area contributed by atoms with Crippen molar-refractivity contribution in [2.75, 3.05) is 39.0 Å². The maximum Gasteiger partial charge on any atom is 0.211 e. The van der Waals surface area contributed by atoms with Crippen LogP contribution in [0.3, 0.4) is 0 Å². The third-order valence-corrected chi connectivity index (χ3v) is 4.58. The lowest BCUT2D eigenvalue weighted by atomic mass is 10.2. The molecule has 0 bridgehead atoms. The van der Waals surface area contributed by atoms with Crippen LogP contribution in [0.5, 0.6) is 0 Å². The minimum absolute atomic E-state index is 0.0986. The number of rotatable bonds is 12. The number of sulfonamides is 1. The third-order valence-electron chi connectivity index (χ3n) is 3.17. The number of unbranched alkanes of at least 4 members (excludes halogenated alkanes) is 3. The number of hydrogen-bond acceptors (Lipinski definition) is 3. The molecule has 7 heteroatoms. The molecule has 0 rings (SSSR count). The summed E-state index contributed by atoms with van der Waals surface area (Å²) in [5.74, 6) is 0.920. The van der Waals surface area contributed by atoms with Gasteiger partial charge < -0.3 is 10.2 Å². The number of aliphatic imine (C=N–C) groups is 1. The van der Waals surface area contributed by atoms with E-state index in [0.717, 1.165) is 31.9 Å². The van der Waals surface area contributed by atoms with Crippen molar-refractivity contribution >= 4 is 16.0 Å². The van der Waals surface area contributed by atoms with Crippen LogP contribution >= 0.6 is 0 Å². The van der Waals surface area contributed by atoms with Crippen molar-refractivity contribution in [1.29, 1.82) is 0 Å². The molecule has 0 amide bonds. The van der Waals surface area contributed by atoms with Gasteiger partial charge in [0, 0.05) is 26.7 Å². The Morgan fingerprint density at radius 1 is 1.27 bits per heavy atom. The van der Waals surface area contributed by atoms with Gasteiger partial charge in [-0.1, -0.05) is 12.5 Å². The second-order valence-electron chi connectivity index (χ2n) is 5.09. The molecule has 130 valence electrons. The van der Waals surface area contributed by atoms with E-state index in [9.17, 15) is 8.42 Å². The first kappa shape index (κ1) is 20.9. The molecule has 0 aromatic rings. The van der Waals surface area contributed by atoms with E-state index in [1.54, 1.807) is 6.92 Å². The van der Waals surface area contributed by atoms with Crippen LogP contribution in [0.15, 0.2) is 17.6 Å². The lowest BCUT2D eigenvalue weighted by Crippen LogP contribution is -2.40. The lowest BCUT2D eigenvalue weighted by Gasteiger charge is -2.22. The first-order valence-corrected chi connectivity index (χ1v) is 9.69. The van der Waals surface area contributed by atoms with Gasteiger partial charge in [0.2, 0.25) is 10.0 Å². The average Bonchev–Trinajstić information content (AvgIpc) is 2.50. The van der Waals surface area contributed by atoms with Crippen LogP contribution in [0.2, 0.25) is 0 Å². The Morgan fingerprint density at radius 2 is 2.00 bits per heavy atom. The van der Waals surface area contributed by atoms with Gasteiger partial charge in [0.1, 0.15) is 0 Å². The van der Waals surface area contributed by atoms with E-state index in [4.69, 9.17) is 0 Å². The fourth-order valence-corrected chi connectivity index (χ4v) is 2.46. The zero-order valence-corrected chi connectivity index (χ0v) is 15.1. The van der Waals surface area contributed by atoms with Gasteiger partial charge in [-0.3, -0.25) is 4.99 Å². The smallest absolute Gasteiger partial charge is 0.211 e. The van der Waals surface area contributed by atoms with Crippen molar-refractivity contribution in [1.82, 2.24) is 14.9 Å². The molecule has 0 aromatic carbocycles. The van der Waals surface area contributed by atoms with Crippen molar-refractivity contribution in [3.05, 3.63) is 12.7 Å². The van der Waals surface area contributed by atoms with E-state index in [-0.39, 0.29) is 5.75 Å². The van der Waals surface area contributed by atoms with Gasteiger partial charge in [-0.05, 0) is 33.1 Å². The molecule has 0 aliphatic carbocycles. The normalized spacial score (nSPS) is 12.2. The highest BCUT2D eigenvalue weighted by molar-refractivity contribution is 7.89. The Balaban J connectivity index is 4.20. The molecule has 22 heavy (non-hydrogen) atoms. The quantitative estimate of drug-likeness (QED) is 0.246. The zero-order valence-electron chi connectivity index (χ0n) is 14.3. The third kappa shape index (κ3) is 10.6. The van der Waals surface area contributed by atoms with E-state index in [0.29, 0.717) is 13.1 Å². The molecule has 0 fully saturated rings. The topological polar surface area (TPSA) is 73.8 Å². The largest absolute Gasteiger partial charge is 0.357 e. The molecule has 0 aliphatic heterocycles. The minimum Gasteiger partial charge on any atom is -0.357 e. The van der Waals surface area contributed by atoms with Crippen LogP contribution < -0.4 is 10.0 Å². The molecule has 0 aliphatic rings. The summed E-state index contributed by atoms with van der Waals surface area (Å²) in [6.07, 6.45) is 6.47. The van der Waals surface area contributed by atoms with Crippen molar-refractivity contribution in [2.45, 2.75) is 39.5 Å². The fraction of sp³-hybridized carbons (Fsp3) is 0.800. The Labute approximate surface area is 136 Å². The van der Waals surface area contributed by atoms with Crippen LogP contribution in [0, 0.1) is 0 Å².